The number of carbonyl (C=O) groups excluding carboxylic acids is 1. The van der Waals surface area contributed by atoms with Crippen LogP contribution in [-0.2, 0) is 4.79 Å². The summed E-state index contributed by atoms with van der Waals surface area (Å²) in [5.74, 6) is 1.57. The molecule has 0 unspecified atom stereocenters. The van der Waals surface area contributed by atoms with Gasteiger partial charge in [0.05, 0.1) is 6.54 Å². The largest absolute Gasteiger partial charge is 0.347 e. The van der Waals surface area contributed by atoms with Gasteiger partial charge in [-0.15, -0.1) is 24.0 Å². The molecule has 1 aliphatic rings. The van der Waals surface area contributed by atoms with Crippen LogP contribution in [0, 0.1) is 13.8 Å². The molecule has 1 saturated heterocycles. The zero-order valence-electron chi connectivity index (χ0n) is 15.6. The average Bonchev–Trinajstić information content (AvgIpc) is 2.54. The molecule has 2 rings (SSSR count). The van der Waals surface area contributed by atoms with E-state index < -0.39 is 0 Å². The zero-order chi connectivity index (χ0) is 17.7. The molecule has 1 aromatic rings. The summed E-state index contributed by atoms with van der Waals surface area (Å²) in [6, 6.07) is 1.98. The average molecular weight is 461 g/mol. The van der Waals surface area contributed by atoms with E-state index in [9.17, 15) is 4.79 Å². The van der Waals surface area contributed by atoms with Crippen LogP contribution in [0.5, 0.6) is 0 Å². The normalized spacial score (nSPS) is 14.8. The van der Waals surface area contributed by atoms with Crippen molar-refractivity contribution in [1.29, 1.82) is 0 Å². The zero-order valence-corrected chi connectivity index (χ0v) is 17.9. The number of nitrogens with zero attached hydrogens (tertiary/aromatic N) is 6. The van der Waals surface area contributed by atoms with E-state index in [4.69, 9.17) is 0 Å². The number of rotatable bonds is 3. The number of anilines is 1. The highest BCUT2D eigenvalue weighted by Gasteiger charge is 2.22. The topological polar surface area (TPSA) is 77.0 Å². The molecule has 9 heteroatoms. The summed E-state index contributed by atoms with van der Waals surface area (Å²) in [6.07, 6.45) is 0. The Balaban J connectivity index is 0.00000312. The highest BCUT2D eigenvalue weighted by Crippen LogP contribution is 2.13. The van der Waals surface area contributed by atoms with Crippen LogP contribution in [0.3, 0.4) is 0 Å². The highest BCUT2D eigenvalue weighted by molar-refractivity contribution is 14.0. The van der Waals surface area contributed by atoms with Crippen molar-refractivity contribution in [2.45, 2.75) is 13.8 Å². The van der Waals surface area contributed by atoms with Crippen molar-refractivity contribution < 1.29 is 4.79 Å². The lowest BCUT2D eigenvalue weighted by molar-refractivity contribution is -0.127. The molecule has 8 nitrogen and oxygen atoms in total. The number of nitrogens with one attached hydrogen (secondary N) is 1. The van der Waals surface area contributed by atoms with E-state index in [1.165, 1.54) is 0 Å². The Bertz CT molecular complexity index is 592. The van der Waals surface area contributed by atoms with Gasteiger partial charge in [-0.05, 0) is 19.9 Å². The van der Waals surface area contributed by atoms with Gasteiger partial charge in [0, 0.05) is 58.7 Å². The molecule has 140 valence electrons. The lowest BCUT2D eigenvalue weighted by atomic mass is 10.3. The minimum atomic E-state index is 0. The van der Waals surface area contributed by atoms with E-state index in [2.05, 4.69) is 30.1 Å². The first-order valence-electron chi connectivity index (χ1n) is 8.13. The maximum Gasteiger partial charge on any atom is 0.241 e. The standard InChI is InChI=1S/C16H27N7O.HI/c1-12-10-13(2)20-16(19-12)23-8-6-22(7-9-23)15(17-3)18-11-14(24)21(4)5;/h10H,6-9,11H2,1-5H3,(H,17,18);1H. The Hall–Kier alpha value is -1.65. The highest BCUT2D eigenvalue weighted by atomic mass is 127. The fourth-order valence-corrected chi connectivity index (χ4v) is 2.61. The minimum absolute atomic E-state index is 0. The molecule has 25 heavy (non-hydrogen) atoms. The SMILES string of the molecule is CN=C(NCC(=O)N(C)C)N1CCN(c2nc(C)cc(C)n2)CC1.I. The number of hydrogen-bond donors (Lipinski definition) is 1. The number of likely N-dealkylation sites (N-methyl/N-ethyl adjacent to an activating group) is 1. The van der Waals surface area contributed by atoms with Gasteiger partial charge in [-0.25, -0.2) is 9.97 Å². The van der Waals surface area contributed by atoms with Gasteiger partial charge in [0.25, 0.3) is 0 Å². The molecule has 0 bridgehead atoms. The van der Waals surface area contributed by atoms with Crippen molar-refractivity contribution in [2.75, 3.05) is 58.8 Å². The second-order valence-corrected chi connectivity index (χ2v) is 6.11. The van der Waals surface area contributed by atoms with Crippen molar-refractivity contribution in [3.8, 4) is 0 Å². The van der Waals surface area contributed by atoms with Crippen LogP contribution in [0.15, 0.2) is 11.1 Å². The molecule has 0 radical (unpaired) electrons. The van der Waals surface area contributed by atoms with Crippen molar-refractivity contribution >= 4 is 41.8 Å². The smallest absolute Gasteiger partial charge is 0.241 e. The summed E-state index contributed by atoms with van der Waals surface area (Å²) >= 11 is 0. The van der Waals surface area contributed by atoms with Crippen LogP contribution in [0.2, 0.25) is 0 Å². The van der Waals surface area contributed by atoms with E-state index in [0.29, 0.717) is 0 Å². The second-order valence-electron chi connectivity index (χ2n) is 6.11. The number of amides is 1. The van der Waals surface area contributed by atoms with Gasteiger partial charge in [-0.3, -0.25) is 9.79 Å². The monoisotopic (exact) mass is 461 g/mol. The number of piperazine rings is 1. The number of aliphatic imine (C=N–C) groups is 1. The van der Waals surface area contributed by atoms with Crippen LogP contribution in [0.1, 0.15) is 11.4 Å². The fourth-order valence-electron chi connectivity index (χ4n) is 2.61. The van der Waals surface area contributed by atoms with Gasteiger partial charge in [0.1, 0.15) is 0 Å². The van der Waals surface area contributed by atoms with Crippen molar-refractivity contribution in [3.63, 3.8) is 0 Å². The fraction of sp³-hybridized carbons (Fsp3) is 0.625. The van der Waals surface area contributed by atoms with Crippen molar-refractivity contribution in [1.82, 2.24) is 25.1 Å². The quantitative estimate of drug-likeness (QED) is 0.402. The summed E-state index contributed by atoms with van der Waals surface area (Å²) in [5, 5.41) is 3.13. The molecular formula is C16H28IN7O. The van der Waals surface area contributed by atoms with Crippen LogP contribution in [-0.4, -0.2) is 85.5 Å². The first-order valence-corrected chi connectivity index (χ1v) is 8.13. The number of aryl methyl sites for hydroxylation is 2. The second kappa shape index (κ2) is 9.73. The Labute approximate surface area is 166 Å². The number of halogens is 1. The van der Waals surface area contributed by atoms with Gasteiger partial charge >= 0.3 is 0 Å². The van der Waals surface area contributed by atoms with Crippen molar-refractivity contribution in [3.05, 3.63) is 17.5 Å². The molecular weight excluding hydrogens is 433 g/mol. The number of aromatic nitrogens is 2. The molecule has 1 amide bonds. The Morgan fingerprint density at radius 1 is 1.20 bits per heavy atom. The predicted molar refractivity (Wildman–Crippen MR) is 111 cm³/mol. The number of carbonyl (C=O) groups is 1. The van der Waals surface area contributed by atoms with Crippen molar-refractivity contribution in [2.24, 2.45) is 4.99 Å². The lowest BCUT2D eigenvalue weighted by Gasteiger charge is -2.36. The van der Waals surface area contributed by atoms with Crippen LogP contribution >= 0.6 is 24.0 Å². The van der Waals surface area contributed by atoms with Crippen LogP contribution in [0.25, 0.3) is 0 Å². The molecule has 1 fully saturated rings. The molecule has 0 saturated carbocycles. The van der Waals surface area contributed by atoms with Crippen LogP contribution < -0.4 is 10.2 Å². The maximum absolute atomic E-state index is 11.7. The molecule has 1 N–H and O–H groups in total. The first kappa shape index (κ1) is 21.4. The molecule has 1 aromatic heterocycles. The minimum Gasteiger partial charge on any atom is -0.347 e. The summed E-state index contributed by atoms with van der Waals surface area (Å²) in [4.78, 5) is 31.0. The van der Waals surface area contributed by atoms with E-state index in [-0.39, 0.29) is 36.4 Å². The molecule has 0 atom stereocenters. The summed E-state index contributed by atoms with van der Waals surface area (Å²) in [5.41, 5.74) is 1.97. The molecule has 1 aliphatic heterocycles. The van der Waals surface area contributed by atoms with E-state index in [1.54, 1.807) is 26.0 Å². The van der Waals surface area contributed by atoms with E-state index in [1.807, 2.05) is 19.9 Å². The third kappa shape index (κ3) is 5.98. The van der Waals surface area contributed by atoms with Crippen LogP contribution in [0.4, 0.5) is 5.95 Å². The Kier molecular flexibility index (Phi) is 8.33. The summed E-state index contributed by atoms with van der Waals surface area (Å²) in [6.45, 7) is 7.50. The van der Waals surface area contributed by atoms with Gasteiger partial charge in [0.15, 0.2) is 5.96 Å². The summed E-state index contributed by atoms with van der Waals surface area (Å²) in [7, 11) is 5.23. The first-order chi connectivity index (χ1) is 11.4. The lowest BCUT2D eigenvalue weighted by Crippen LogP contribution is -2.54. The third-order valence-corrected chi connectivity index (χ3v) is 3.94. The molecule has 0 aliphatic carbocycles. The Morgan fingerprint density at radius 2 is 1.76 bits per heavy atom. The van der Waals surface area contributed by atoms with Gasteiger partial charge < -0.3 is 20.0 Å². The molecule has 0 spiro atoms. The third-order valence-electron chi connectivity index (χ3n) is 3.94. The molecule has 2 heterocycles. The number of hydrogen-bond acceptors (Lipinski definition) is 5. The van der Waals surface area contributed by atoms with Gasteiger partial charge in [-0.1, -0.05) is 0 Å². The molecule has 0 aromatic carbocycles. The van der Waals surface area contributed by atoms with E-state index in [0.717, 1.165) is 49.5 Å². The van der Waals surface area contributed by atoms with Gasteiger partial charge in [-0.2, -0.15) is 0 Å². The van der Waals surface area contributed by atoms with E-state index >= 15 is 0 Å². The predicted octanol–water partition coefficient (Wildman–Crippen LogP) is 0.497. The van der Waals surface area contributed by atoms with Gasteiger partial charge in [0.2, 0.25) is 11.9 Å². The number of guanidine groups is 1. The Morgan fingerprint density at radius 3 is 2.24 bits per heavy atom. The summed E-state index contributed by atoms with van der Waals surface area (Å²) < 4.78 is 0. The maximum atomic E-state index is 11.7.